The number of nitrogens with one attached hydrogen (secondary N) is 1. The summed E-state index contributed by atoms with van der Waals surface area (Å²) in [5.74, 6) is 0. The van der Waals surface area contributed by atoms with E-state index in [-0.39, 0.29) is 0 Å². The van der Waals surface area contributed by atoms with Crippen molar-refractivity contribution in [3.8, 4) is 0 Å². The summed E-state index contributed by atoms with van der Waals surface area (Å²) < 4.78 is 0. The Labute approximate surface area is 89.0 Å². The number of nitrogens with two attached hydrogens (primary N) is 1. The number of rotatable bonds is 4. The fourth-order valence-corrected chi connectivity index (χ4v) is 1.19. The molecule has 0 aliphatic heterocycles. The lowest BCUT2D eigenvalue weighted by molar-refractivity contribution is 1.35. The highest BCUT2D eigenvalue weighted by atomic mass is 32.2. The Bertz CT molecular complexity index is 341. The zero-order valence-corrected chi connectivity index (χ0v) is 9.03. The molecule has 74 valence electrons. The molecular formula is C11H14N2S. The van der Waals surface area contributed by atoms with E-state index in [2.05, 4.69) is 18.5 Å². The third-order valence-electron chi connectivity index (χ3n) is 1.80. The summed E-state index contributed by atoms with van der Waals surface area (Å²) in [6, 6.07) is 7.84. The van der Waals surface area contributed by atoms with Gasteiger partial charge in [-0.2, -0.15) is 0 Å². The second-order valence-electron chi connectivity index (χ2n) is 3.03. The molecule has 3 N–H and O–H groups in total. The van der Waals surface area contributed by atoms with Crippen LogP contribution in [0, 0.1) is 0 Å². The highest BCUT2D eigenvalue weighted by Gasteiger charge is 1.96. The van der Waals surface area contributed by atoms with Crippen LogP contribution in [0.25, 0.3) is 0 Å². The SMILES string of the molecule is C=C(C)C(=C)Nc1ccc(SN)cc1. The van der Waals surface area contributed by atoms with Gasteiger partial charge in [0.05, 0.1) is 0 Å². The van der Waals surface area contributed by atoms with Crippen LogP contribution in [0.3, 0.4) is 0 Å². The van der Waals surface area contributed by atoms with Gasteiger partial charge in [0.2, 0.25) is 0 Å². The predicted octanol–water partition coefficient (Wildman–Crippen LogP) is 3.15. The van der Waals surface area contributed by atoms with E-state index >= 15 is 0 Å². The molecule has 0 aliphatic carbocycles. The number of hydrogen-bond acceptors (Lipinski definition) is 3. The summed E-state index contributed by atoms with van der Waals surface area (Å²) in [7, 11) is 0. The molecule has 0 radical (unpaired) electrons. The molecule has 2 nitrogen and oxygen atoms in total. The molecule has 0 fully saturated rings. The van der Waals surface area contributed by atoms with Crippen molar-refractivity contribution in [3.63, 3.8) is 0 Å². The van der Waals surface area contributed by atoms with Gasteiger partial charge in [-0.05, 0) is 48.7 Å². The van der Waals surface area contributed by atoms with Crippen molar-refractivity contribution in [2.75, 3.05) is 5.32 Å². The predicted molar refractivity (Wildman–Crippen MR) is 64.1 cm³/mol. The van der Waals surface area contributed by atoms with Crippen LogP contribution >= 0.6 is 11.9 Å². The zero-order chi connectivity index (χ0) is 10.6. The van der Waals surface area contributed by atoms with Gasteiger partial charge < -0.3 is 5.32 Å². The molecule has 0 aromatic heterocycles. The summed E-state index contributed by atoms with van der Waals surface area (Å²) >= 11 is 1.23. The lowest BCUT2D eigenvalue weighted by Crippen LogP contribution is -1.98. The molecule has 0 unspecified atom stereocenters. The van der Waals surface area contributed by atoms with Crippen LogP contribution in [0.1, 0.15) is 6.92 Å². The molecule has 3 heteroatoms. The van der Waals surface area contributed by atoms with Crippen molar-refractivity contribution >= 4 is 17.6 Å². The van der Waals surface area contributed by atoms with Gasteiger partial charge in [-0.25, -0.2) is 0 Å². The van der Waals surface area contributed by atoms with Crippen LogP contribution in [0.4, 0.5) is 5.69 Å². The first-order chi connectivity index (χ1) is 6.63. The molecule has 0 bridgehead atoms. The molecule has 1 aromatic rings. The van der Waals surface area contributed by atoms with Crippen molar-refractivity contribution in [1.82, 2.24) is 0 Å². The minimum atomic E-state index is 0.832. The Hall–Kier alpha value is -1.19. The maximum absolute atomic E-state index is 5.41. The van der Waals surface area contributed by atoms with Crippen LogP contribution in [0.5, 0.6) is 0 Å². The van der Waals surface area contributed by atoms with Crippen LogP contribution in [-0.4, -0.2) is 0 Å². The average Bonchev–Trinajstić information content (AvgIpc) is 2.19. The van der Waals surface area contributed by atoms with E-state index in [4.69, 9.17) is 5.14 Å². The first kappa shape index (κ1) is 10.9. The van der Waals surface area contributed by atoms with Gasteiger partial charge >= 0.3 is 0 Å². The molecule has 0 amide bonds. The quantitative estimate of drug-likeness (QED) is 0.587. The molecule has 1 aromatic carbocycles. The third-order valence-corrected chi connectivity index (χ3v) is 2.35. The fourth-order valence-electron chi connectivity index (χ4n) is 0.898. The van der Waals surface area contributed by atoms with Crippen molar-refractivity contribution in [3.05, 3.63) is 48.7 Å². The van der Waals surface area contributed by atoms with E-state index < -0.39 is 0 Å². The summed E-state index contributed by atoms with van der Waals surface area (Å²) in [5, 5.41) is 8.56. The number of allylic oxidation sites excluding steroid dienone is 1. The largest absolute Gasteiger partial charge is 0.356 e. The third kappa shape index (κ3) is 2.94. The van der Waals surface area contributed by atoms with E-state index in [0.29, 0.717) is 0 Å². The van der Waals surface area contributed by atoms with Gasteiger partial charge in [0.25, 0.3) is 0 Å². The van der Waals surface area contributed by atoms with Gasteiger partial charge in [0.15, 0.2) is 0 Å². The summed E-state index contributed by atoms with van der Waals surface area (Å²) in [6.45, 7) is 9.57. The van der Waals surface area contributed by atoms with Crippen molar-refractivity contribution in [1.29, 1.82) is 0 Å². The molecule has 0 saturated carbocycles. The minimum Gasteiger partial charge on any atom is -0.356 e. The normalized spacial score (nSPS) is 9.57. The summed E-state index contributed by atoms with van der Waals surface area (Å²) in [6.07, 6.45) is 0. The van der Waals surface area contributed by atoms with Gasteiger partial charge in [0, 0.05) is 16.3 Å². The standard InChI is InChI=1S/C11H14N2S/c1-8(2)9(3)13-10-4-6-11(14-12)7-5-10/h4-7,13H,1,3,12H2,2H3. The maximum Gasteiger partial charge on any atom is 0.0384 e. The van der Waals surface area contributed by atoms with E-state index in [9.17, 15) is 0 Å². The monoisotopic (exact) mass is 206 g/mol. The Morgan fingerprint density at radius 1 is 1.29 bits per heavy atom. The lowest BCUT2D eigenvalue weighted by atomic mass is 10.2. The van der Waals surface area contributed by atoms with E-state index in [1.165, 1.54) is 11.9 Å². The van der Waals surface area contributed by atoms with Crippen LogP contribution in [0.2, 0.25) is 0 Å². The van der Waals surface area contributed by atoms with Crippen LogP contribution in [0.15, 0.2) is 53.6 Å². The molecule has 0 atom stereocenters. The summed E-state index contributed by atoms with van der Waals surface area (Å²) in [4.78, 5) is 1.04. The minimum absolute atomic E-state index is 0.832. The lowest BCUT2D eigenvalue weighted by Gasteiger charge is -2.09. The fraction of sp³-hybridized carbons (Fsp3) is 0.0909. The topological polar surface area (TPSA) is 38.0 Å². The smallest absolute Gasteiger partial charge is 0.0384 e. The van der Waals surface area contributed by atoms with E-state index in [1.54, 1.807) is 0 Å². The number of hydrogen-bond donors (Lipinski definition) is 2. The van der Waals surface area contributed by atoms with Crippen molar-refractivity contribution in [2.45, 2.75) is 11.8 Å². The van der Waals surface area contributed by atoms with Gasteiger partial charge in [-0.3, -0.25) is 5.14 Å². The number of benzene rings is 1. The molecule has 0 spiro atoms. The maximum atomic E-state index is 5.41. The second kappa shape index (κ2) is 4.88. The van der Waals surface area contributed by atoms with E-state index in [1.807, 2.05) is 31.2 Å². The van der Waals surface area contributed by atoms with Crippen LogP contribution < -0.4 is 10.5 Å². The van der Waals surface area contributed by atoms with Gasteiger partial charge in [-0.1, -0.05) is 13.2 Å². The first-order valence-corrected chi connectivity index (χ1v) is 5.10. The first-order valence-electron chi connectivity index (χ1n) is 4.22. The Morgan fingerprint density at radius 2 is 1.86 bits per heavy atom. The molecule has 0 heterocycles. The molecule has 14 heavy (non-hydrogen) atoms. The molecule has 1 rings (SSSR count). The average molecular weight is 206 g/mol. The van der Waals surface area contributed by atoms with Crippen LogP contribution in [-0.2, 0) is 0 Å². The summed E-state index contributed by atoms with van der Waals surface area (Å²) in [5.41, 5.74) is 2.76. The Morgan fingerprint density at radius 3 is 2.29 bits per heavy atom. The van der Waals surface area contributed by atoms with Gasteiger partial charge in [-0.15, -0.1) is 0 Å². The zero-order valence-electron chi connectivity index (χ0n) is 8.21. The Balaban J connectivity index is 2.69. The van der Waals surface area contributed by atoms with Crippen molar-refractivity contribution in [2.24, 2.45) is 5.14 Å². The second-order valence-corrected chi connectivity index (χ2v) is 3.73. The molecular weight excluding hydrogens is 192 g/mol. The highest BCUT2D eigenvalue weighted by molar-refractivity contribution is 7.97. The highest BCUT2D eigenvalue weighted by Crippen LogP contribution is 2.17. The molecule has 0 saturated heterocycles. The van der Waals surface area contributed by atoms with Gasteiger partial charge in [0.1, 0.15) is 0 Å². The molecule has 0 aliphatic rings. The Kier molecular flexibility index (Phi) is 3.80. The number of anilines is 1. The van der Waals surface area contributed by atoms with Crippen molar-refractivity contribution < 1.29 is 0 Å². The van der Waals surface area contributed by atoms with E-state index in [0.717, 1.165) is 21.9 Å².